The second kappa shape index (κ2) is 11.4. The van der Waals surface area contributed by atoms with E-state index in [-0.39, 0.29) is 4.90 Å². The van der Waals surface area contributed by atoms with Crippen LogP contribution in [0, 0.1) is 0 Å². The van der Waals surface area contributed by atoms with Crippen molar-refractivity contribution in [3.63, 3.8) is 0 Å². The van der Waals surface area contributed by atoms with Gasteiger partial charge in [-0.25, -0.2) is 13.8 Å². The summed E-state index contributed by atoms with van der Waals surface area (Å²) in [7, 11) is 0.515. The maximum absolute atomic E-state index is 13.4. The molecular formula is C25H27N3O6S. The largest absolute Gasteiger partial charge is 0.497 e. The number of nitrogens with one attached hydrogen (secondary N) is 1. The van der Waals surface area contributed by atoms with Gasteiger partial charge in [-0.15, -0.1) is 0 Å². The van der Waals surface area contributed by atoms with Gasteiger partial charge in [-0.2, -0.15) is 5.10 Å². The molecule has 3 rings (SSSR count). The van der Waals surface area contributed by atoms with Gasteiger partial charge in [-0.05, 0) is 61.5 Å². The van der Waals surface area contributed by atoms with Crippen LogP contribution in [0.4, 0.5) is 5.69 Å². The van der Waals surface area contributed by atoms with Crippen molar-refractivity contribution in [3.05, 3.63) is 78.4 Å². The van der Waals surface area contributed by atoms with Crippen molar-refractivity contribution in [2.75, 3.05) is 32.2 Å². The first-order valence-corrected chi connectivity index (χ1v) is 12.0. The molecule has 0 atom stereocenters. The Morgan fingerprint density at radius 3 is 2.14 bits per heavy atom. The van der Waals surface area contributed by atoms with E-state index in [1.165, 1.54) is 33.5 Å². The van der Waals surface area contributed by atoms with Crippen molar-refractivity contribution in [2.24, 2.45) is 5.10 Å². The average Bonchev–Trinajstić information content (AvgIpc) is 2.90. The van der Waals surface area contributed by atoms with Crippen LogP contribution in [0.1, 0.15) is 12.5 Å². The number of carbonyl (C=O) groups excluding carboxylic acids is 1. The molecule has 184 valence electrons. The number of hydrazone groups is 1. The van der Waals surface area contributed by atoms with Crippen molar-refractivity contribution in [1.29, 1.82) is 0 Å². The highest BCUT2D eigenvalue weighted by Crippen LogP contribution is 2.28. The topological polar surface area (TPSA) is 107 Å². The van der Waals surface area contributed by atoms with Crippen LogP contribution < -0.4 is 23.9 Å². The van der Waals surface area contributed by atoms with Gasteiger partial charge in [-0.1, -0.05) is 18.2 Å². The first kappa shape index (κ1) is 25.6. The van der Waals surface area contributed by atoms with Crippen LogP contribution in [0.3, 0.4) is 0 Å². The number of hydrogen-bond acceptors (Lipinski definition) is 7. The second-order valence-corrected chi connectivity index (χ2v) is 9.19. The molecule has 0 saturated carbocycles. The summed E-state index contributed by atoms with van der Waals surface area (Å²) in [4.78, 5) is 12.8. The molecule has 0 aliphatic carbocycles. The Bertz CT molecular complexity index is 1290. The maximum atomic E-state index is 13.4. The summed E-state index contributed by atoms with van der Waals surface area (Å²) in [6.07, 6.45) is 0. The van der Waals surface area contributed by atoms with E-state index < -0.39 is 22.5 Å². The predicted molar refractivity (Wildman–Crippen MR) is 134 cm³/mol. The monoisotopic (exact) mass is 497 g/mol. The Morgan fingerprint density at radius 2 is 1.54 bits per heavy atom. The summed E-state index contributed by atoms with van der Waals surface area (Å²) in [5.74, 6) is 1.00. The Balaban J connectivity index is 1.83. The third kappa shape index (κ3) is 6.10. The molecule has 0 aromatic heterocycles. The molecule has 9 nitrogen and oxygen atoms in total. The van der Waals surface area contributed by atoms with Gasteiger partial charge in [0.2, 0.25) is 0 Å². The van der Waals surface area contributed by atoms with E-state index in [0.717, 1.165) is 4.31 Å². The van der Waals surface area contributed by atoms with Crippen molar-refractivity contribution >= 4 is 27.3 Å². The van der Waals surface area contributed by atoms with E-state index in [1.54, 1.807) is 67.6 Å². The molecule has 0 unspecified atom stereocenters. The van der Waals surface area contributed by atoms with Gasteiger partial charge >= 0.3 is 0 Å². The lowest BCUT2D eigenvalue weighted by atomic mass is 10.1. The maximum Gasteiger partial charge on any atom is 0.264 e. The van der Waals surface area contributed by atoms with Crippen molar-refractivity contribution in [3.8, 4) is 17.2 Å². The molecular weight excluding hydrogens is 470 g/mol. The first-order valence-electron chi connectivity index (χ1n) is 10.6. The smallest absolute Gasteiger partial charge is 0.264 e. The molecule has 0 aliphatic rings. The van der Waals surface area contributed by atoms with Crippen LogP contribution in [0.5, 0.6) is 17.2 Å². The molecule has 3 aromatic rings. The number of rotatable bonds is 10. The molecule has 35 heavy (non-hydrogen) atoms. The fourth-order valence-electron chi connectivity index (χ4n) is 3.22. The number of ether oxygens (including phenoxy) is 3. The van der Waals surface area contributed by atoms with Crippen LogP contribution >= 0.6 is 0 Å². The van der Waals surface area contributed by atoms with E-state index in [2.05, 4.69) is 10.5 Å². The molecule has 0 spiro atoms. The highest BCUT2D eigenvalue weighted by atomic mass is 32.2. The third-order valence-electron chi connectivity index (χ3n) is 5.13. The summed E-state index contributed by atoms with van der Waals surface area (Å²) in [5, 5.41) is 4.13. The minimum Gasteiger partial charge on any atom is -0.497 e. The van der Waals surface area contributed by atoms with Gasteiger partial charge in [0.15, 0.2) is 11.5 Å². The van der Waals surface area contributed by atoms with Gasteiger partial charge in [0.05, 0.1) is 37.6 Å². The first-order chi connectivity index (χ1) is 16.8. The van der Waals surface area contributed by atoms with E-state index in [1.807, 2.05) is 0 Å². The minimum atomic E-state index is -4.04. The van der Waals surface area contributed by atoms with E-state index >= 15 is 0 Å². The lowest BCUT2D eigenvalue weighted by Gasteiger charge is -2.23. The zero-order valence-electron chi connectivity index (χ0n) is 19.9. The van der Waals surface area contributed by atoms with Gasteiger partial charge in [0.25, 0.3) is 15.9 Å². The van der Waals surface area contributed by atoms with Crippen LogP contribution in [0.2, 0.25) is 0 Å². The molecule has 0 heterocycles. The predicted octanol–water partition coefficient (Wildman–Crippen LogP) is 3.45. The van der Waals surface area contributed by atoms with Crippen LogP contribution in [0.15, 0.2) is 82.8 Å². The zero-order chi connectivity index (χ0) is 25.4. The molecule has 0 fully saturated rings. The van der Waals surface area contributed by atoms with Crippen molar-refractivity contribution < 1.29 is 27.4 Å². The van der Waals surface area contributed by atoms with Gasteiger partial charge < -0.3 is 14.2 Å². The molecule has 0 radical (unpaired) electrons. The number of benzene rings is 3. The molecule has 0 bridgehead atoms. The average molecular weight is 498 g/mol. The van der Waals surface area contributed by atoms with Crippen LogP contribution in [0.25, 0.3) is 0 Å². The zero-order valence-corrected chi connectivity index (χ0v) is 20.7. The van der Waals surface area contributed by atoms with Gasteiger partial charge in [0, 0.05) is 5.56 Å². The Hall–Kier alpha value is -4.05. The van der Waals surface area contributed by atoms with Gasteiger partial charge in [0.1, 0.15) is 12.3 Å². The highest BCUT2D eigenvalue weighted by molar-refractivity contribution is 7.92. The Morgan fingerprint density at radius 1 is 0.886 bits per heavy atom. The second-order valence-electron chi connectivity index (χ2n) is 7.32. The molecule has 10 heteroatoms. The molecule has 3 aromatic carbocycles. The van der Waals surface area contributed by atoms with Gasteiger partial charge in [-0.3, -0.25) is 9.10 Å². The Labute approximate surface area is 205 Å². The van der Waals surface area contributed by atoms with Crippen molar-refractivity contribution in [1.82, 2.24) is 5.43 Å². The number of sulfonamides is 1. The minimum absolute atomic E-state index is 0.0277. The Kier molecular flexibility index (Phi) is 8.32. The molecule has 0 aliphatic heterocycles. The van der Waals surface area contributed by atoms with Crippen molar-refractivity contribution in [2.45, 2.75) is 11.8 Å². The number of nitrogens with zero attached hydrogens (tertiary/aromatic N) is 2. The normalized spacial score (nSPS) is 11.5. The number of methoxy groups -OCH3 is 3. The van der Waals surface area contributed by atoms with E-state index in [4.69, 9.17) is 14.2 Å². The summed E-state index contributed by atoms with van der Waals surface area (Å²) in [5.41, 5.74) is 3.99. The number of carbonyl (C=O) groups is 1. The van der Waals surface area contributed by atoms with E-state index in [9.17, 15) is 13.2 Å². The number of para-hydroxylation sites is 1. The third-order valence-corrected chi connectivity index (χ3v) is 6.92. The quantitative estimate of drug-likeness (QED) is 0.340. The number of hydrogen-bond donors (Lipinski definition) is 1. The summed E-state index contributed by atoms with van der Waals surface area (Å²) >= 11 is 0. The summed E-state index contributed by atoms with van der Waals surface area (Å²) < 4.78 is 43.5. The SMILES string of the molecule is COc1ccc(S(=O)(=O)N(CC(=O)N/N=C(\C)c2ccc(OC)c(OC)c2)c2ccccc2)cc1. The van der Waals surface area contributed by atoms with Crippen LogP contribution in [-0.2, 0) is 14.8 Å². The highest BCUT2D eigenvalue weighted by Gasteiger charge is 2.27. The lowest BCUT2D eigenvalue weighted by molar-refractivity contribution is -0.119. The standard InChI is InChI=1S/C25H27N3O6S/c1-18(19-10-15-23(33-3)24(16-19)34-4)26-27-25(29)17-28(20-8-6-5-7-9-20)35(30,31)22-13-11-21(32-2)12-14-22/h5-16H,17H2,1-4H3,(H,27,29)/b26-18+. The summed E-state index contributed by atoms with van der Waals surface area (Å²) in [6.45, 7) is 1.24. The summed E-state index contributed by atoms with van der Waals surface area (Å²) in [6, 6.07) is 19.6. The fraction of sp³-hybridized carbons (Fsp3) is 0.200. The van der Waals surface area contributed by atoms with Crippen LogP contribution in [-0.4, -0.2) is 47.9 Å². The fourth-order valence-corrected chi connectivity index (χ4v) is 4.64. The number of amides is 1. The molecule has 1 amide bonds. The molecule has 0 saturated heterocycles. The lowest BCUT2D eigenvalue weighted by Crippen LogP contribution is -2.39. The molecule has 1 N–H and O–H groups in total. The number of anilines is 1. The van der Waals surface area contributed by atoms with E-state index in [0.29, 0.717) is 34.2 Å².